The maximum absolute atomic E-state index is 13.4. The van der Waals surface area contributed by atoms with Crippen LogP contribution < -0.4 is 0 Å². The highest BCUT2D eigenvalue weighted by Crippen LogP contribution is 2.40. The number of carbonyl (C=O) groups is 1. The fourth-order valence-corrected chi connectivity index (χ4v) is 4.33. The smallest absolute Gasteiger partial charge is 0.397 e. The van der Waals surface area contributed by atoms with Gasteiger partial charge in [-0.15, -0.1) is 0 Å². The molecule has 0 fully saturated rings. The highest BCUT2D eigenvalue weighted by atomic mass is 19.4. The Kier molecular flexibility index (Phi) is 8.63. The molecule has 0 aliphatic rings. The fraction of sp³-hybridized carbons (Fsp3) is 0.419. The number of rotatable bonds is 10. The molecule has 8 nitrogen and oxygen atoms in total. The van der Waals surface area contributed by atoms with Crippen LogP contribution in [0, 0.1) is 6.92 Å². The van der Waals surface area contributed by atoms with E-state index in [0.717, 1.165) is 30.7 Å². The summed E-state index contributed by atoms with van der Waals surface area (Å²) in [5, 5.41) is 8.67. The second kappa shape index (κ2) is 11.7. The van der Waals surface area contributed by atoms with Gasteiger partial charge in [0.2, 0.25) is 5.82 Å². The lowest BCUT2D eigenvalue weighted by molar-refractivity contribution is -0.180. The van der Waals surface area contributed by atoms with Gasteiger partial charge in [0.1, 0.15) is 6.61 Å². The molecule has 0 atom stereocenters. The van der Waals surface area contributed by atoms with Crippen molar-refractivity contribution in [1.29, 1.82) is 0 Å². The van der Waals surface area contributed by atoms with Crippen LogP contribution in [0.2, 0.25) is 0 Å². The number of carbonyl (C=O) groups excluding carboxylic acids is 1. The number of nitrogens with zero attached hydrogens (tertiary/aromatic N) is 5. The standard InChI is InChI=1S/C31H36F3N5O3/c1-20-15-25(28-35-27(37-42-28)22-11-13-23(14-12-22)30(4,5)31(32,33)34)36-39(20)17-21-9-8-10-24(16-21)29(2,3)19-41-26(40)18-38(6)7/h8-16H,17-19H2,1-7H3. The minimum absolute atomic E-state index is 0.148. The zero-order chi connectivity index (χ0) is 30.9. The van der Waals surface area contributed by atoms with Gasteiger partial charge in [-0.25, -0.2) is 0 Å². The lowest BCUT2D eigenvalue weighted by atomic mass is 9.83. The highest BCUT2D eigenvalue weighted by molar-refractivity contribution is 5.71. The molecule has 0 radical (unpaired) electrons. The van der Waals surface area contributed by atoms with Crippen LogP contribution >= 0.6 is 0 Å². The third-order valence-corrected chi connectivity index (χ3v) is 7.28. The van der Waals surface area contributed by atoms with Crippen LogP contribution in [0.1, 0.15) is 50.1 Å². The Morgan fingerprint density at radius 1 is 1.00 bits per heavy atom. The number of ether oxygens (including phenoxy) is 1. The average Bonchev–Trinajstić information content (AvgIpc) is 3.54. The third-order valence-electron chi connectivity index (χ3n) is 7.28. The SMILES string of the molecule is Cc1cc(-c2nc(-c3ccc(C(C)(C)C(F)(F)F)cc3)no2)nn1Cc1cccc(C(C)(C)COC(=O)CN(C)C)c1. The van der Waals surface area contributed by atoms with Gasteiger partial charge in [-0.05, 0) is 57.6 Å². The fourth-order valence-electron chi connectivity index (χ4n) is 4.33. The summed E-state index contributed by atoms with van der Waals surface area (Å²) in [6.45, 7) is 9.26. The Morgan fingerprint density at radius 2 is 1.69 bits per heavy atom. The van der Waals surface area contributed by atoms with Crippen molar-refractivity contribution in [1.82, 2.24) is 24.8 Å². The van der Waals surface area contributed by atoms with Crippen molar-refractivity contribution in [3.63, 3.8) is 0 Å². The Balaban J connectivity index is 1.47. The topological polar surface area (TPSA) is 86.3 Å². The normalized spacial score (nSPS) is 12.6. The maximum atomic E-state index is 13.4. The molecule has 0 saturated heterocycles. The van der Waals surface area contributed by atoms with Crippen LogP contribution in [0.15, 0.2) is 59.1 Å². The minimum atomic E-state index is -4.37. The van der Waals surface area contributed by atoms with Crippen molar-refractivity contribution in [3.8, 4) is 23.0 Å². The van der Waals surface area contributed by atoms with E-state index >= 15 is 0 Å². The van der Waals surface area contributed by atoms with Gasteiger partial charge in [0, 0.05) is 16.7 Å². The molecule has 224 valence electrons. The third kappa shape index (κ3) is 6.89. The molecule has 42 heavy (non-hydrogen) atoms. The first-order valence-electron chi connectivity index (χ1n) is 13.5. The molecule has 0 saturated carbocycles. The van der Waals surface area contributed by atoms with Crippen molar-refractivity contribution in [2.45, 2.75) is 58.2 Å². The van der Waals surface area contributed by atoms with Gasteiger partial charge in [0.05, 0.1) is 18.5 Å². The van der Waals surface area contributed by atoms with Crippen LogP contribution in [0.25, 0.3) is 23.0 Å². The number of halogens is 3. The predicted octanol–water partition coefficient (Wildman–Crippen LogP) is 6.18. The molecule has 2 heterocycles. The molecule has 0 spiro atoms. The van der Waals surface area contributed by atoms with Crippen LogP contribution in [-0.2, 0) is 26.9 Å². The molecule has 2 aromatic heterocycles. The first kappa shape index (κ1) is 31.0. The first-order valence-corrected chi connectivity index (χ1v) is 13.5. The van der Waals surface area contributed by atoms with Crippen molar-refractivity contribution < 1.29 is 27.2 Å². The number of benzene rings is 2. The number of hydrogen-bond donors (Lipinski definition) is 0. The van der Waals surface area contributed by atoms with Gasteiger partial charge in [-0.1, -0.05) is 67.5 Å². The van der Waals surface area contributed by atoms with Crippen LogP contribution in [0.4, 0.5) is 13.2 Å². The maximum Gasteiger partial charge on any atom is 0.397 e. The van der Waals surface area contributed by atoms with E-state index in [2.05, 4.69) is 21.3 Å². The molecule has 0 aliphatic carbocycles. The molecule has 0 bridgehead atoms. The lowest BCUT2D eigenvalue weighted by Crippen LogP contribution is -2.36. The van der Waals surface area contributed by atoms with E-state index in [1.54, 1.807) is 17.0 Å². The van der Waals surface area contributed by atoms with Gasteiger partial charge in [0.15, 0.2) is 5.69 Å². The van der Waals surface area contributed by atoms with E-state index < -0.39 is 11.6 Å². The monoisotopic (exact) mass is 583 g/mol. The predicted molar refractivity (Wildman–Crippen MR) is 153 cm³/mol. The van der Waals surface area contributed by atoms with Gasteiger partial charge in [-0.3, -0.25) is 14.4 Å². The molecule has 0 aliphatic heterocycles. The summed E-state index contributed by atoms with van der Waals surface area (Å²) in [5.41, 5.74) is 1.75. The van der Waals surface area contributed by atoms with Gasteiger partial charge in [-0.2, -0.15) is 23.3 Å². The Bertz CT molecular complexity index is 1540. The first-order chi connectivity index (χ1) is 19.6. The van der Waals surface area contributed by atoms with E-state index in [9.17, 15) is 18.0 Å². The number of alkyl halides is 3. The quantitative estimate of drug-likeness (QED) is 0.206. The van der Waals surface area contributed by atoms with E-state index in [4.69, 9.17) is 9.26 Å². The molecule has 0 amide bonds. The largest absolute Gasteiger partial charge is 0.464 e. The summed E-state index contributed by atoms with van der Waals surface area (Å²) in [7, 11) is 3.64. The molecule has 4 rings (SSSR count). The molecule has 4 aromatic rings. The van der Waals surface area contributed by atoms with E-state index in [1.165, 1.54) is 12.1 Å². The average molecular weight is 584 g/mol. The van der Waals surface area contributed by atoms with Gasteiger partial charge >= 0.3 is 12.1 Å². The lowest BCUT2D eigenvalue weighted by Gasteiger charge is -2.28. The Hall–Kier alpha value is -3.99. The molecular weight excluding hydrogens is 547 g/mol. The van der Waals surface area contributed by atoms with Crippen molar-refractivity contribution in [3.05, 3.63) is 77.0 Å². The van der Waals surface area contributed by atoms with Crippen molar-refractivity contribution in [2.24, 2.45) is 0 Å². The van der Waals surface area contributed by atoms with Crippen LogP contribution in [-0.4, -0.2) is 64.2 Å². The van der Waals surface area contributed by atoms with Gasteiger partial charge < -0.3 is 9.26 Å². The summed E-state index contributed by atoms with van der Waals surface area (Å²) in [4.78, 5) is 18.2. The second-order valence-electron chi connectivity index (χ2n) is 11.9. The number of aryl methyl sites for hydroxylation is 1. The van der Waals surface area contributed by atoms with E-state index in [-0.39, 0.29) is 41.8 Å². The van der Waals surface area contributed by atoms with Gasteiger partial charge in [0.25, 0.3) is 5.89 Å². The zero-order valence-corrected chi connectivity index (χ0v) is 24.9. The Morgan fingerprint density at radius 3 is 2.33 bits per heavy atom. The molecule has 11 heteroatoms. The number of esters is 1. The molecule has 2 aromatic carbocycles. The van der Waals surface area contributed by atoms with E-state index in [1.807, 2.05) is 63.8 Å². The van der Waals surface area contributed by atoms with Crippen molar-refractivity contribution >= 4 is 5.97 Å². The zero-order valence-electron chi connectivity index (χ0n) is 24.9. The summed E-state index contributed by atoms with van der Waals surface area (Å²) >= 11 is 0. The highest BCUT2D eigenvalue weighted by Gasteiger charge is 2.48. The Labute approximate surface area is 243 Å². The summed E-state index contributed by atoms with van der Waals surface area (Å²) in [5.74, 6) is 0.200. The summed E-state index contributed by atoms with van der Waals surface area (Å²) < 4.78 is 53.0. The number of hydrogen-bond acceptors (Lipinski definition) is 7. The van der Waals surface area contributed by atoms with Crippen LogP contribution in [0.3, 0.4) is 0 Å². The number of likely N-dealkylation sites (N-methyl/N-ethyl adjacent to an activating group) is 1. The van der Waals surface area contributed by atoms with Crippen molar-refractivity contribution in [2.75, 3.05) is 27.2 Å². The summed E-state index contributed by atoms with van der Waals surface area (Å²) in [6, 6.07) is 15.9. The summed E-state index contributed by atoms with van der Waals surface area (Å²) in [6.07, 6.45) is -4.37. The second-order valence-corrected chi connectivity index (χ2v) is 11.9. The minimum Gasteiger partial charge on any atom is -0.464 e. The molecule has 0 N–H and O–H groups in total. The van der Waals surface area contributed by atoms with Crippen LogP contribution in [0.5, 0.6) is 0 Å². The molecular formula is C31H36F3N5O3. The molecule has 0 unspecified atom stereocenters. The number of aromatic nitrogens is 4. The van der Waals surface area contributed by atoms with E-state index in [0.29, 0.717) is 17.8 Å².